The van der Waals surface area contributed by atoms with Crippen LogP contribution in [0.2, 0.25) is 18.1 Å². The van der Waals surface area contributed by atoms with E-state index in [1.807, 2.05) is 52.0 Å². The summed E-state index contributed by atoms with van der Waals surface area (Å²) in [5.74, 6) is -0.386. The summed E-state index contributed by atoms with van der Waals surface area (Å²) in [5, 5.41) is 10.4. The molecule has 4 nitrogen and oxygen atoms in total. The molecule has 0 aliphatic rings. The first-order valence-electron chi connectivity index (χ1n) is 9.05. The van der Waals surface area contributed by atoms with Gasteiger partial charge in [-0.05, 0) is 45.8 Å². The highest BCUT2D eigenvalue weighted by atomic mass is 28.4. The van der Waals surface area contributed by atoms with Gasteiger partial charge in [0.1, 0.15) is 5.60 Å². The zero-order valence-electron chi connectivity index (χ0n) is 17.6. The Labute approximate surface area is 155 Å². The fraction of sp³-hybridized carbons (Fsp3) is 0.750. The van der Waals surface area contributed by atoms with E-state index in [2.05, 4.69) is 33.9 Å². The minimum atomic E-state index is -1.98. The fourth-order valence-electron chi connectivity index (χ4n) is 1.95. The molecule has 0 spiro atoms. The molecule has 2 unspecified atom stereocenters. The number of esters is 1. The third kappa shape index (κ3) is 10.6. The van der Waals surface area contributed by atoms with Crippen LogP contribution in [0, 0.1) is 0 Å². The summed E-state index contributed by atoms with van der Waals surface area (Å²) in [4.78, 5) is 11.9. The Bertz CT molecular complexity index is 467. The van der Waals surface area contributed by atoms with Crippen LogP contribution in [0.4, 0.5) is 0 Å². The summed E-state index contributed by atoms with van der Waals surface area (Å²) >= 11 is 0. The molecule has 0 fully saturated rings. The summed E-state index contributed by atoms with van der Waals surface area (Å²) in [6.07, 6.45) is 7.09. The van der Waals surface area contributed by atoms with Gasteiger partial charge in [0.25, 0.3) is 0 Å². The number of aliphatic hydroxyl groups excluding tert-OH is 1. The Morgan fingerprint density at radius 1 is 1.12 bits per heavy atom. The molecule has 2 atom stereocenters. The van der Waals surface area contributed by atoms with Gasteiger partial charge >= 0.3 is 5.97 Å². The summed E-state index contributed by atoms with van der Waals surface area (Å²) in [5.41, 5.74) is -0.542. The number of ether oxygens (including phenoxy) is 1. The molecule has 0 aromatic carbocycles. The Kier molecular flexibility index (Phi) is 9.34. The first kappa shape index (κ1) is 24.1. The lowest BCUT2D eigenvalue weighted by Gasteiger charge is -2.39. The van der Waals surface area contributed by atoms with Crippen molar-refractivity contribution in [2.24, 2.45) is 0 Å². The molecule has 0 heterocycles. The fourth-order valence-corrected chi connectivity index (χ4v) is 3.23. The van der Waals surface area contributed by atoms with E-state index in [0.29, 0.717) is 6.42 Å². The van der Waals surface area contributed by atoms with Crippen LogP contribution in [-0.4, -0.2) is 37.2 Å². The van der Waals surface area contributed by atoms with Crippen molar-refractivity contribution in [2.75, 3.05) is 0 Å². The van der Waals surface area contributed by atoms with Crippen LogP contribution in [0.5, 0.6) is 0 Å². The van der Waals surface area contributed by atoms with Crippen molar-refractivity contribution in [3.8, 4) is 0 Å². The van der Waals surface area contributed by atoms with Gasteiger partial charge in [0.05, 0.1) is 18.6 Å². The van der Waals surface area contributed by atoms with Gasteiger partial charge in [-0.15, -0.1) is 0 Å². The average molecular weight is 371 g/mol. The van der Waals surface area contributed by atoms with Crippen molar-refractivity contribution in [1.82, 2.24) is 0 Å². The summed E-state index contributed by atoms with van der Waals surface area (Å²) in [6.45, 7) is 18.3. The van der Waals surface area contributed by atoms with Gasteiger partial charge < -0.3 is 14.3 Å². The first-order chi connectivity index (χ1) is 11.2. The standard InChI is InChI=1S/C20H38O4Si/c1-10-11-12-13-17(24-25(8,9)20(5,6)7)14-16(21)15-18(22)23-19(2,3)4/h10-13,16-17,21H,14-15H2,1-9H3/b11-10+,13-12+. The molecule has 0 aliphatic carbocycles. The van der Waals surface area contributed by atoms with Crippen molar-refractivity contribution < 1.29 is 19.1 Å². The van der Waals surface area contributed by atoms with Crippen molar-refractivity contribution in [3.05, 3.63) is 24.3 Å². The predicted octanol–water partition coefficient (Wildman–Crippen LogP) is 4.99. The Balaban J connectivity index is 4.98. The van der Waals surface area contributed by atoms with E-state index in [1.54, 1.807) is 0 Å². The van der Waals surface area contributed by atoms with Crippen LogP contribution in [0.15, 0.2) is 24.3 Å². The first-order valence-corrected chi connectivity index (χ1v) is 12.0. The summed E-state index contributed by atoms with van der Waals surface area (Å²) < 4.78 is 11.7. The van der Waals surface area contributed by atoms with E-state index < -0.39 is 20.0 Å². The summed E-state index contributed by atoms with van der Waals surface area (Å²) in [7, 11) is -1.98. The molecule has 0 radical (unpaired) electrons. The maximum atomic E-state index is 11.9. The normalized spacial score (nSPS) is 16.4. The molecule has 146 valence electrons. The van der Waals surface area contributed by atoms with Gasteiger partial charge in [0.2, 0.25) is 0 Å². The van der Waals surface area contributed by atoms with Gasteiger partial charge in [-0.3, -0.25) is 4.79 Å². The lowest BCUT2D eigenvalue weighted by atomic mass is 10.1. The Hall–Kier alpha value is -0.913. The largest absolute Gasteiger partial charge is 0.460 e. The third-order valence-electron chi connectivity index (χ3n) is 4.21. The number of carbonyl (C=O) groups is 1. The van der Waals surface area contributed by atoms with E-state index in [9.17, 15) is 9.90 Å². The molecule has 0 aromatic heterocycles. The molecule has 0 saturated heterocycles. The van der Waals surface area contributed by atoms with Crippen LogP contribution < -0.4 is 0 Å². The molecule has 0 aliphatic heterocycles. The highest BCUT2D eigenvalue weighted by molar-refractivity contribution is 6.74. The lowest BCUT2D eigenvalue weighted by molar-refractivity contribution is -0.157. The monoisotopic (exact) mass is 370 g/mol. The number of hydrogen-bond donors (Lipinski definition) is 1. The van der Waals surface area contributed by atoms with Crippen LogP contribution in [0.3, 0.4) is 0 Å². The lowest BCUT2D eigenvalue weighted by Crippen LogP contribution is -2.44. The molecule has 0 amide bonds. The van der Waals surface area contributed by atoms with E-state index in [4.69, 9.17) is 9.16 Å². The molecular weight excluding hydrogens is 332 g/mol. The molecule has 5 heteroatoms. The number of hydrogen-bond acceptors (Lipinski definition) is 4. The van der Waals surface area contributed by atoms with Gasteiger partial charge in [0, 0.05) is 6.42 Å². The van der Waals surface area contributed by atoms with E-state index in [-0.39, 0.29) is 23.5 Å². The minimum absolute atomic E-state index is 0.0217. The highest BCUT2D eigenvalue weighted by Gasteiger charge is 2.39. The van der Waals surface area contributed by atoms with E-state index >= 15 is 0 Å². The quantitative estimate of drug-likeness (QED) is 0.371. The Morgan fingerprint density at radius 3 is 2.12 bits per heavy atom. The molecule has 0 aromatic rings. The van der Waals surface area contributed by atoms with E-state index in [0.717, 1.165) is 0 Å². The van der Waals surface area contributed by atoms with E-state index in [1.165, 1.54) is 0 Å². The topological polar surface area (TPSA) is 55.8 Å². The molecular formula is C20H38O4Si. The van der Waals surface area contributed by atoms with Crippen molar-refractivity contribution >= 4 is 14.3 Å². The van der Waals surface area contributed by atoms with Crippen LogP contribution in [-0.2, 0) is 14.0 Å². The Morgan fingerprint density at radius 2 is 1.68 bits per heavy atom. The van der Waals surface area contributed by atoms with Crippen LogP contribution in [0.1, 0.15) is 61.3 Å². The second-order valence-electron chi connectivity index (χ2n) is 9.01. The average Bonchev–Trinajstić information content (AvgIpc) is 2.34. The number of allylic oxidation sites excluding steroid dienone is 3. The van der Waals surface area contributed by atoms with Crippen molar-refractivity contribution in [2.45, 2.75) is 97.2 Å². The van der Waals surface area contributed by atoms with Gasteiger partial charge in [0.15, 0.2) is 8.32 Å². The SMILES string of the molecule is C/C=C/C=C/C(CC(O)CC(=O)OC(C)(C)C)O[Si](C)(C)C(C)(C)C. The van der Waals surface area contributed by atoms with Gasteiger partial charge in [-0.25, -0.2) is 0 Å². The number of aliphatic hydroxyl groups is 1. The van der Waals surface area contributed by atoms with Crippen LogP contribution in [0.25, 0.3) is 0 Å². The number of carbonyl (C=O) groups excluding carboxylic acids is 1. The van der Waals surface area contributed by atoms with Gasteiger partial charge in [-0.1, -0.05) is 45.1 Å². The van der Waals surface area contributed by atoms with Crippen molar-refractivity contribution in [3.63, 3.8) is 0 Å². The molecule has 0 rings (SSSR count). The molecule has 0 bridgehead atoms. The van der Waals surface area contributed by atoms with Crippen LogP contribution >= 0.6 is 0 Å². The van der Waals surface area contributed by atoms with Crippen molar-refractivity contribution in [1.29, 1.82) is 0 Å². The zero-order valence-corrected chi connectivity index (χ0v) is 18.6. The third-order valence-corrected chi connectivity index (χ3v) is 8.71. The second kappa shape index (κ2) is 9.69. The predicted molar refractivity (Wildman–Crippen MR) is 107 cm³/mol. The molecule has 0 saturated carbocycles. The maximum Gasteiger partial charge on any atom is 0.308 e. The number of rotatable bonds is 8. The molecule has 1 N–H and O–H groups in total. The maximum absolute atomic E-state index is 11.9. The second-order valence-corrected chi connectivity index (χ2v) is 13.8. The zero-order chi connectivity index (χ0) is 19.9. The smallest absolute Gasteiger partial charge is 0.308 e. The molecule has 25 heavy (non-hydrogen) atoms. The highest BCUT2D eigenvalue weighted by Crippen LogP contribution is 2.38. The summed E-state index contributed by atoms with van der Waals surface area (Å²) in [6, 6.07) is 0. The van der Waals surface area contributed by atoms with Gasteiger partial charge in [-0.2, -0.15) is 0 Å². The minimum Gasteiger partial charge on any atom is -0.460 e.